The van der Waals surface area contributed by atoms with Crippen LogP contribution in [-0.4, -0.2) is 53.7 Å². The zero-order valence-corrected chi connectivity index (χ0v) is 13.3. The molecule has 3 unspecified atom stereocenters. The van der Waals surface area contributed by atoms with E-state index in [4.69, 9.17) is 0 Å². The van der Waals surface area contributed by atoms with Crippen molar-refractivity contribution in [2.45, 2.75) is 32.9 Å². The molecule has 0 saturated carbocycles. The minimum atomic E-state index is -0.745. The highest BCUT2D eigenvalue weighted by Gasteiger charge is 2.26. The fourth-order valence-electron chi connectivity index (χ4n) is 3.23. The summed E-state index contributed by atoms with van der Waals surface area (Å²) in [6, 6.07) is 7.06. The van der Waals surface area contributed by atoms with E-state index < -0.39 is 6.10 Å². The number of piperazine rings is 1. The molecule has 1 heterocycles. The van der Waals surface area contributed by atoms with Crippen LogP contribution in [-0.2, 0) is 0 Å². The fraction of sp³-hybridized carbons (Fsp3) is 0.647. The number of halogens is 1. The summed E-state index contributed by atoms with van der Waals surface area (Å²) in [5, 5.41) is 10.4. The average molecular weight is 294 g/mol. The molecule has 118 valence electrons. The maximum atomic E-state index is 13.8. The third-order valence-corrected chi connectivity index (χ3v) is 4.56. The van der Waals surface area contributed by atoms with E-state index in [-0.39, 0.29) is 11.7 Å². The van der Waals surface area contributed by atoms with Gasteiger partial charge in [-0.05, 0) is 25.5 Å². The SMILES string of the molecule is CCN1CCN(CC(C)C(O)c2ccccc2F)CC1C. The third kappa shape index (κ3) is 4.02. The van der Waals surface area contributed by atoms with Crippen LogP contribution in [0.2, 0.25) is 0 Å². The first-order chi connectivity index (χ1) is 10.0. The Kier molecular flexibility index (Phi) is 5.73. The van der Waals surface area contributed by atoms with Gasteiger partial charge in [0.25, 0.3) is 0 Å². The second-order valence-electron chi connectivity index (χ2n) is 6.18. The number of aliphatic hydroxyl groups excluding tert-OH is 1. The lowest BCUT2D eigenvalue weighted by molar-refractivity contribution is 0.0443. The van der Waals surface area contributed by atoms with E-state index in [1.165, 1.54) is 6.07 Å². The van der Waals surface area contributed by atoms with Crippen molar-refractivity contribution in [3.8, 4) is 0 Å². The minimum absolute atomic E-state index is 0.0160. The molecule has 1 aromatic rings. The number of rotatable bonds is 5. The standard InChI is InChI=1S/C17H27FN2O/c1-4-20-10-9-19(12-14(20)3)11-13(2)17(21)15-7-5-6-8-16(15)18/h5-8,13-14,17,21H,4,9-12H2,1-3H3. The second kappa shape index (κ2) is 7.34. The third-order valence-electron chi connectivity index (χ3n) is 4.56. The lowest BCUT2D eigenvalue weighted by Gasteiger charge is -2.40. The smallest absolute Gasteiger partial charge is 0.129 e. The van der Waals surface area contributed by atoms with Gasteiger partial charge in [0.05, 0.1) is 6.10 Å². The second-order valence-corrected chi connectivity index (χ2v) is 6.18. The predicted molar refractivity (Wildman–Crippen MR) is 83.7 cm³/mol. The summed E-state index contributed by atoms with van der Waals surface area (Å²) in [5.41, 5.74) is 0.408. The van der Waals surface area contributed by atoms with E-state index >= 15 is 0 Å². The van der Waals surface area contributed by atoms with E-state index in [0.717, 1.165) is 32.7 Å². The fourth-order valence-corrected chi connectivity index (χ4v) is 3.23. The van der Waals surface area contributed by atoms with Gasteiger partial charge in [0.15, 0.2) is 0 Å². The molecule has 1 aliphatic heterocycles. The highest BCUT2D eigenvalue weighted by molar-refractivity contribution is 5.20. The van der Waals surface area contributed by atoms with Crippen molar-refractivity contribution in [1.82, 2.24) is 9.80 Å². The van der Waals surface area contributed by atoms with Crippen molar-refractivity contribution in [3.63, 3.8) is 0 Å². The van der Waals surface area contributed by atoms with Gasteiger partial charge in [-0.25, -0.2) is 4.39 Å². The molecule has 0 aromatic heterocycles. The lowest BCUT2D eigenvalue weighted by atomic mass is 9.96. The monoisotopic (exact) mass is 294 g/mol. The van der Waals surface area contributed by atoms with E-state index in [1.807, 2.05) is 6.92 Å². The van der Waals surface area contributed by atoms with Gasteiger partial charge < -0.3 is 10.0 Å². The predicted octanol–water partition coefficient (Wildman–Crippen LogP) is 2.52. The zero-order chi connectivity index (χ0) is 15.4. The number of nitrogens with zero attached hydrogens (tertiary/aromatic N) is 2. The Hall–Kier alpha value is -0.970. The van der Waals surface area contributed by atoms with Crippen LogP contribution in [0.5, 0.6) is 0 Å². The van der Waals surface area contributed by atoms with Crippen LogP contribution in [0.1, 0.15) is 32.4 Å². The number of likely N-dealkylation sites (N-methyl/N-ethyl adjacent to an activating group) is 1. The summed E-state index contributed by atoms with van der Waals surface area (Å²) in [4.78, 5) is 4.85. The number of aliphatic hydroxyl groups is 1. The van der Waals surface area contributed by atoms with Crippen LogP contribution in [0.4, 0.5) is 4.39 Å². The first-order valence-corrected chi connectivity index (χ1v) is 7.91. The molecule has 0 spiro atoms. The first kappa shape index (κ1) is 16.4. The molecule has 1 aliphatic rings. The van der Waals surface area contributed by atoms with Gasteiger partial charge in [-0.1, -0.05) is 32.0 Å². The van der Waals surface area contributed by atoms with Crippen molar-refractivity contribution in [2.24, 2.45) is 5.92 Å². The summed E-state index contributed by atoms with van der Waals surface area (Å²) in [6.07, 6.45) is -0.745. The van der Waals surface area contributed by atoms with Crippen molar-refractivity contribution in [2.75, 3.05) is 32.7 Å². The number of benzene rings is 1. The normalized spacial score (nSPS) is 24.0. The molecule has 4 heteroatoms. The van der Waals surface area contributed by atoms with Crippen LogP contribution in [0.15, 0.2) is 24.3 Å². The molecule has 1 N–H and O–H groups in total. The van der Waals surface area contributed by atoms with Gasteiger partial charge in [-0.2, -0.15) is 0 Å². The highest BCUT2D eigenvalue weighted by atomic mass is 19.1. The summed E-state index contributed by atoms with van der Waals surface area (Å²) in [7, 11) is 0. The Labute approximate surface area is 127 Å². The van der Waals surface area contributed by atoms with Gasteiger partial charge in [-0.3, -0.25) is 4.90 Å². The Bertz CT molecular complexity index is 454. The number of hydrogen-bond donors (Lipinski definition) is 1. The van der Waals surface area contributed by atoms with E-state index in [2.05, 4.69) is 23.6 Å². The molecule has 3 nitrogen and oxygen atoms in total. The van der Waals surface area contributed by atoms with E-state index in [1.54, 1.807) is 18.2 Å². The molecular weight excluding hydrogens is 267 g/mol. The van der Waals surface area contributed by atoms with E-state index in [9.17, 15) is 9.50 Å². The highest BCUT2D eigenvalue weighted by Crippen LogP contribution is 2.25. The first-order valence-electron chi connectivity index (χ1n) is 7.91. The van der Waals surface area contributed by atoms with Crippen LogP contribution < -0.4 is 0 Å². The molecule has 1 aromatic carbocycles. The maximum absolute atomic E-state index is 13.8. The van der Waals surface area contributed by atoms with Crippen molar-refractivity contribution in [1.29, 1.82) is 0 Å². The molecule has 0 radical (unpaired) electrons. The van der Waals surface area contributed by atoms with Crippen LogP contribution in [0.25, 0.3) is 0 Å². The van der Waals surface area contributed by atoms with Gasteiger partial charge in [0.1, 0.15) is 5.82 Å². The largest absolute Gasteiger partial charge is 0.388 e. The molecule has 0 amide bonds. The summed E-state index contributed by atoms with van der Waals surface area (Å²) < 4.78 is 13.8. The zero-order valence-electron chi connectivity index (χ0n) is 13.3. The molecule has 0 aliphatic carbocycles. The van der Waals surface area contributed by atoms with Crippen LogP contribution in [0.3, 0.4) is 0 Å². The quantitative estimate of drug-likeness (QED) is 0.904. The summed E-state index contributed by atoms with van der Waals surface area (Å²) in [5.74, 6) is -0.303. The van der Waals surface area contributed by atoms with Crippen molar-refractivity contribution in [3.05, 3.63) is 35.6 Å². The van der Waals surface area contributed by atoms with Gasteiger partial charge in [0.2, 0.25) is 0 Å². The van der Waals surface area contributed by atoms with Crippen molar-refractivity contribution >= 4 is 0 Å². The molecule has 0 bridgehead atoms. The Balaban J connectivity index is 1.93. The minimum Gasteiger partial charge on any atom is -0.388 e. The molecular formula is C17H27FN2O. The van der Waals surface area contributed by atoms with Gasteiger partial charge in [-0.15, -0.1) is 0 Å². The van der Waals surface area contributed by atoms with Crippen LogP contribution >= 0.6 is 0 Å². The van der Waals surface area contributed by atoms with Crippen molar-refractivity contribution < 1.29 is 9.50 Å². The van der Waals surface area contributed by atoms with Crippen LogP contribution in [0, 0.1) is 11.7 Å². The average Bonchev–Trinajstić information content (AvgIpc) is 2.47. The number of hydrogen-bond acceptors (Lipinski definition) is 3. The van der Waals surface area contributed by atoms with Gasteiger partial charge >= 0.3 is 0 Å². The topological polar surface area (TPSA) is 26.7 Å². The Morgan fingerprint density at radius 1 is 1.33 bits per heavy atom. The van der Waals surface area contributed by atoms with E-state index in [0.29, 0.717) is 11.6 Å². The molecule has 3 atom stereocenters. The van der Waals surface area contributed by atoms with Gasteiger partial charge in [0, 0.05) is 37.8 Å². The molecule has 1 fully saturated rings. The lowest BCUT2D eigenvalue weighted by Crippen LogP contribution is -2.52. The molecule has 2 rings (SSSR count). The molecule has 1 saturated heterocycles. The maximum Gasteiger partial charge on any atom is 0.129 e. The summed E-state index contributed by atoms with van der Waals surface area (Å²) >= 11 is 0. The molecule has 21 heavy (non-hydrogen) atoms. The summed E-state index contributed by atoms with van der Waals surface area (Å²) in [6.45, 7) is 11.4. The Morgan fingerprint density at radius 2 is 2.05 bits per heavy atom. The Morgan fingerprint density at radius 3 is 2.67 bits per heavy atom.